The number of nitrogens with one attached hydrogen (secondary N) is 3. The first-order valence-electron chi connectivity index (χ1n) is 21.6. The van der Waals surface area contributed by atoms with Crippen molar-refractivity contribution in [3.8, 4) is 5.75 Å². The predicted molar refractivity (Wildman–Crippen MR) is 234 cm³/mol. The predicted octanol–water partition coefficient (Wildman–Crippen LogP) is 5.78. The summed E-state index contributed by atoms with van der Waals surface area (Å²) >= 11 is 6.65. The Morgan fingerprint density at radius 3 is 2.47 bits per heavy atom. The summed E-state index contributed by atoms with van der Waals surface area (Å²) < 4.78 is 39.2. The molecule has 1 aliphatic carbocycles. The van der Waals surface area contributed by atoms with Crippen molar-refractivity contribution in [2.45, 2.75) is 69.4 Å². The molecule has 0 bridgehead atoms. The molecule has 3 N–H and O–H groups in total. The van der Waals surface area contributed by atoms with Gasteiger partial charge in [0.1, 0.15) is 5.02 Å². The lowest BCUT2D eigenvalue weighted by molar-refractivity contribution is -0.134. The number of ether oxygens (including phenoxy) is 1. The number of piperazine rings is 1. The summed E-state index contributed by atoms with van der Waals surface area (Å²) in [6, 6.07) is 10.8. The number of aromatic nitrogens is 5. The number of hydrogen-bond acceptors (Lipinski definition) is 12. The molecule has 3 atom stereocenters. The fraction of sp³-hybridized carbons (Fsp3) is 0.500. The molecule has 2 amide bonds. The van der Waals surface area contributed by atoms with Gasteiger partial charge in [0, 0.05) is 82.3 Å². The molecule has 326 valence electrons. The molecular formula is C44H50ClF2N11O4. The number of benzene rings is 2. The number of carbonyl (C=O) groups is 2. The topological polar surface area (TPSA) is 155 Å². The minimum atomic E-state index is -3.13. The molecule has 10 rings (SSSR count). The summed E-state index contributed by atoms with van der Waals surface area (Å²) in [5.74, 6) is -2.88. The van der Waals surface area contributed by atoms with Gasteiger partial charge < -0.3 is 29.7 Å². The Bertz CT molecular complexity index is 2650. The molecule has 7 heterocycles. The Labute approximate surface area is 361 Å². The van der Waals surface area contributed by atoms with E-state index in [9.17, 15) is 14.4 Å². The molecule has 2 aromatic carbocycles. The average Bonchev–Trinajstić information content (AvgIpc) is 4.07. The number of anilines is 5. The first-order valence-corrected chi connectivity index (χ1v) is 22.0. The molecule has 4 fully saturated rings. The molecule has 4 aliphatic heterocycles. The highest BCUT2D eigenvalue weighted by molar-refractivity contribution is 6.33. The second-order valence-electron chi connectivity index (χ2n) is 17.6. The van der Waals surface area contributed by atoms with Crippen molar-refractivity contribution in [1.29, 1.82) is 0 Å². The van der Waals surface area contributed by atoms with E-state index in [1.54, 1.807) is 25.4 Å². The highest BCUT2D eigenvalue weighted by atomic mass is 35.5. The van der Waals surface area contributed by atoms with Crippen LogP contribution in [0.5, 0.6) is 5.75 Å². The molecule has 3 aromatic heterocycles. The van der Waals surface area contributed by atoms with Gasteiger partial charge in [-0.15, -0.1) is 0 Å². The van der Waals surface area contributed by atoms with Gasteiger partial charge in [0.05, 0.1) is 46.3 Å². The van der Waals surface area contributed by atoms with E-state index in [1.807, 2.05) is 29.9 Å². The highest BCUT2D eigenvalue weighted by Gasteiger charge is 2.51. The molecule has 3 unspecified atom stereocenters. The zero-order valence-corrected chi connectivity index (χ0v) is 35.7. The quantitative estimate of drug-likeness (QED) is 0.162. The standard InChI is InChI=1S/C44H50ClF2N11O4/c1-24(56-17-19-57(20-18-56)33-6-4-5-28-35(53-55(3)37(28)33)29-10-12-34(59)50-41(29)60)25-13-15-58(16-14-25)43-48-22-31(45)40(52-43)49-27-9-11-32-30(21-27)36-38(42(61)54(32)2)62-23-44(46,47)39(51-36)26-7-8-26/h4-6,9,11,21-22,24-26,29,39,51H,7-8,10,12-20,23H2,1-3H3,(H,48,49,52)(H,50,59,60). The summed E-state index contributed by atoms with van der Waals surface area (Å²) in [5, 5.41) is 15.5. The third-order valence-electron chi connectivity index (χ3n) is 13.8. The molecule has 3 saturated heterocycles. The van der Waals surface area contributed by atoms with E-state index >= 15 is 8.78 Å². The number of nitrogens with zero attached hydrogens (tertiary/aromatic N) is 8. The van der Waals surface area contributed by atoms with Crippen LogP contribution in [0.15, 0.2) is 47.4 Å². The zero-order valence-electron chi connectivity index (χ0n) is 35.0. The minimum Gasteiger partial charge on any atom is -0.480 e. The van der Waals surface area contributed by atoms with E-state index in [-0.39, 0.29) is 29.2 Å². The lowest BCUT2D eigenvalue weighted by atomic mass is 9.89. The SMILES string of the molecule is CC(C1CCN(c2ncc(Cl)c(Nc3ccc4c(c3)c3c(c(=O)n4C)OCC(F)(F)C(C4CC4)N3)n2)CC1)N1CCN(c2cccc3c(C4CCC(=O)NC4=O)nn(C)c23)CC1. The van der Waals surface area contributed by atoms with E-state index in [0.29, 0.717) is 71.0 Å². The second kappa shape index (κ2) is 15.7. The van der Waals surface area contributed by atoms with Crippen LogP contribution in [0.2, 0.25) is 5.02 Å². The smallest absolute Gasteiger partial charge is 0.301 e. The molecule has 1 saturated carbocycles. The molecule has 18 heteroatoms. The van der Waals surface area contributed by atoms with E-state index in [1.165, 1.54) is 4.57 Å². The van der Waals surface area contributed by atoms with Gasteiger partial charge in [0.2, 0.25) is 23.5 Å². The normalized spacial score (nSPS) is 22.8. The third kappa shape index (κ3) is 7.25. The lowest BCUT2D eigenvalue weighted by Crippen LogP contribution is -2.53. The lowest BCUT2D eigenvalue weighted by Gasteiger charge is -2.44. The third-order valence-corrected chi connectivity index (χ3v) is 14.1. The van der Waals surface area contributed by atoms with Crippen LogP contribution in [-0.2, 0) is 23.7 Å². The van der Waals surface area contributed by atoms with Gasteiger partial charge >= 0.3 is 5.92 Å². The Balaban J connectivity index is 0.790. The fourth-order valence-electron chi connectivity index (χ4n) is 10.1. The maximum atomic E-state index is 15.2. The van der Waals surface area contributed by atoms with Gasteiger partial charge in [-0.3, -0.25) is 29.3 Å². The van der Waals surface area contributed by atoms with Crippen LogP contribution in [0, 0.1) is 11.8 Å². The molecule has 5 aliphatic rings. The second-order valence-corrected chi connectivity index (χ2v) is 18.0. The Morgan fingerprint density at radius 2 is 1.73 bits per heavy atom. The van der Waals surface area contributed by atoms with Gasteiger partial charge in [-0.1, -0.05) is 23.7 Å². The van der Waals surface area contributed by atoms with Gasteiger partial charge in [-0.25, -0.2) is 13.8 Å². The summed E-state index contributed by atoms with van der Waals surface area (Å²) in [5.41, 5.74) is 3.84. The van der Waals surface area contributed by atoms with Crippen LogP contribution in [-0.4, -0.2) is 105 Å². The van der Waals surface area contributed by atoms with E-state index < -0.39 is 30.0 Å². The summed E-state index contributed by atoms with van der Waals surface area (Å²) in [6.45, 7) is 6.66. The van der Waals surface area contributed by atoms with Crippen molar-refractivity contribution in [2.75, 3.05) is 66.3 Å². The number of aryl methyl sites for hydroxylation is 2. The number of halogens is 3. The largest absolute Gasteiger partial charge is 0.480 e. The summed E-state index contributed by atoms with van der Waals surface area (Å²) in [4.78, 5) is 54.5. The molecular weight excluding hydrogens is 820 g/mol. The van der Waals surface area contributed by atoms with Crippen LogP contribution in [0.3, 0.4) is 0 Å². The molecule has 0 spiro atoms. The molecule has 0 radical (unpaired) electrons. The monoisotopic (exact) mass is 869 g/mol. The number of amides is 2. The zero-order chi connectivity index (χ0) is 43.0. The number of rotatable bonds is 8. The Kier molecular flexibility index (Phi) is 10.2. The molecule has 62 heavy (non-hydrogen) atoms. The summed E-state index contributed by atoms with van der Waals surface area (Å²) in [7, 11) is 3.53. The fourth-order valence-corrected chi connectivity index (χ4v) is 10.2. The van der Waals surface area contributed by atoms with E-state index in [4.69, 9.17) is 26.4 Å². The summed E-state index contributed by atoms with van der Waals surface area (Å²) in [6.07, 6.45) is 5.74. The van der Waals surface area contributed by atoms with Crippen LogP contribution in [0.25, 0.3) is 21.8 Å². The van der Waals surface area contributed by atoms with Crippen molar-refractivity contribution in [3.63, 3.8) is 0 Å². The Morgan fingerprint density at radius 1 is 0.952 bits per heavy atom. The van der Waals surface area contributed by atoms with Crippen molar-refractivity contribution in [1.82, 2.24) is 34.5 Å². The van der Waals surface area contributed by atoms with Gasteiger partial charge in [-0.2, -0.15) is 10.1 Å². The van der Waals surface area contributed by atoms with Gasteiger partial charge in [-0.05, 0) is 75.1 Å². The maximum absolute atomic E-state index is 15.2. The number of piperidine rings is 2. The maximum Gasteiger partial charge on any atom is 0.301 e. The molecule has 5 aromatic rings. The van der Waals surface area contributed by atoms with Crippen LogP contribution in [0.4, 0.5) is 37.6 Å². The minimum absolute atomic E-state index is 0.107. The number of alkyl halides is 2. The first-order chi connectivity index (χ1) is 29.8. The number of imide groups is 1. The van der Waals surface area contributed by atoms with Crippen LogP contribution < -0.4 is 36.0 Å². The average molecular weight is 870 g/mol. The number of carbonyl (C=O) groups excluding carboxylic acids is 2. The van der Waals surface area contributed by atoms with E-state index in [0.717, 1.165) is 74.4 Å². The van der Waals surface area contributed by atoms with Crippen molar-refractivity contribution in [3.05, 3.63) is 63.7 Å². The number of pyridine rings is 1. The van der Waals surface area contributed by atoms with Gasteiger partial charge in [0.15, 0.2) is 12.4 Å². The van der Waals surface area contributed by atoms with Crippen LogP contribution in [0.1, 0.15) is 57.1 Å². The molecule has 15 nitrogen and oxygen atoms in total. The number of para-hydroxylation sites is 1. The van der Waals surface area contributed by atoms with Crippen molar-refractivity contribution in [2.24, 2.45) is 25.9 Å². The number of hydrogen-bond donors (Lipinski definition) is 3. The van der Waals surface area contributed by atoms with Crippen molar-refractivity contribution < 1.29 is 23.1 Å². The Hall–Kier alpha value is -5.55. The van der Waals surface area contributed by atoms with E-state index in [2.05, 4.69) is 48.6 Å². The first kappa shape index (κ1) is 40.5. The van der Waals surface area contributed by atoms with Gasteiger partial charge in [0.25, 0.3) is 5.56 Å². The van der Waals surface area contributed by atoms with Crippen LogP contribution >= 0.6 is 11.6 Å². The van der Waals surface area contributed by atoms with Crippen molar-refractivity contribution >= 4 is 74.0 Å². The highest BCUT2D eigenvalue weighted by Crippen LogP contribution is 2.46. The number of fused-ring (bicyclic) bond motifs is 4.